The van der Waals surface area contributed by atoms with E-state index in [2.05, 4.69) is 10.6 Å². The van der Waals surface area contributed by atoms with Gasteiger partial charge in [0.25, 0.3) is 0 Å². The van der Waals surface area contributed by atoms with Crippen molar-refractivity contribution in [2.75, 3.05) is 28.3 Å². The van der Waals surface area contributed by atoms with E-state index >= 15 is 0 Å². The van der Waals surface area contributed by atoms with Crippen LogP contribution in [0.25, 0.3) is 0 Å². The van der Waals surface area contributed by atoms with Crippen molar-refractivity contribution >= 4 is 38.9 Å². The van der Waals surface area contributed by atoms with Crippen LogP contribution >= 0.6 is 0 Å². The molecule has 26 heavy (non-hydrogen) atoms. The van der Waals surface area contributed by atoms with Crippen LogP contribution in [-0.4, -0.2) is 50.2 Å². The lowest BCUT2D eigenvalue weighted by Gasteiger charge is -2.22. The molecule has 0 aliphatic carbocycles. The molecule has 8 nitrogen and oxygen atoms in total. The van der Waals surface area contributed by atoms with Gasteiger partial charge in [-0.15, -0.1) is 0 Å². The molecule has 0 bridgehead atoms. The predicted octanol–water partition coefficient (Wildman–Crippen LogP) is 0.691. The van der Waals surface area contributed by atoms with Gasteiger partial charge in [0.1, 0.15) is 0 Å². The quantitative estimate of drug-likeness (QED) is 0.753. The van der Waals surface area contributed by atoms with Crippen LogP contribution in [0.4, 0.5) is 11.4 Å². The summed E-state index contributed by atoms with van der Waals surface area (Å²) < 4.78 is 22.9. The molecule has 0 saturated carbocycles. The van der Waals surface area contributed by atoms with Gasteiger partial charge in [0, 0.05) is 44.2 Å². The van der Waals surface area contributed by atoms with E-state index in [0.29, 0.717) is 17.8 Å². The molecule has 2 N–H and O–H groups in total. The molecule has 2 rings (SSSR count). The third-order valence-electron chi connectivity index (χ3n) is 4.02. The fourth-order valence-corrected chi connectivity index (χ4v) is 4.52. The van der Waals surface area contributed by atoms with Gasteiger partial charge in [-0.1, -0.05) is 6.07 Å². The van der Waals surface area contributed by atoms with Gasteiger partial charge in [-0.3, -0.25) is 14.4 Å². The first-order valence-electron chi connectivity index (χ1n) is 8.32. The second-order valence-electron chi connectivity index (χ2n) is 6.32. The molecule has 0 aromatic heterocycles. The van der Waals surface area contributed by atoms with Crippen molar-refractivity contribution in [2.45, 2.75) is 32.7 Å². The molecule has 9 heteroatoms. The van der Waals surface area contributed by atoms with E-state index in [1.54, 1.807) is 24.3 Å². The van der Waals surface area contributed by atoms with Gasteiger partial charge in [0.15, 0.2) is 9.84 Å². The number of hydrogen-bond acceptors (Lipinski definition) is 5. The summed E-state index contributed by atoms with van der Waals surface area (Å²) >= 11 is 0. The molecule has 1 atom stereocenters. The zero-order valence-corrected chi connectivity index (χ0v) is 15.6. The van der Waals surface area contributed by atoms with Crippen molar-refractivity contribution in [1.82, 2.24) is 5.32 Å². The van der Waals surface area contributed by atoms with Crippen LogP contribution in [0, 0.1) is 0 Å². The Labute approximate surface area is 152 Å². The summed E-state index contributed by atoms with van der Waals surface area (Å²) in [4.78, 5) is 36.6. The number of rotatable bonds is 6. The van der Waals surface area contributed by atoms with Crippen molar-refractivity contribution in [3.63, 3.8) is 0 Å². The largest absolute Gasteiger partial charge is 0.352 e. The van der Waals surface area contributed by atoms with Gasteiger partial charge in [-0.05, 0) is 24.6 Å². The molecule has 1 aliphatic rings. The zero-order chi connectivity index (χ0) is 19.3. The second-order valence-corrected chi connectivity index (χ2v) is 8.55. The molecule has 142 valence electrons. The van der Waals surface area contributed by atoms with Crippen molar-refractivity contribution in [2.24, 2.45) is 0 Å². The van der Waals surface area contributed by atoms with E-state index in [9.17, 15) is 22.8 Å². The average Bonchev–Trinajstić information content (AvgIpc) is 2.85. The molecular weight excluding hydrogens is 358 g/mol. The summed E-state index contributed by atoms with van der Waals surface area (Å²) in [6.45, 7) is 2.94. The zero-order valence-electron chi connectivity index (χ0n) is 14.8. The summed E-state index contributed by atoms with van der Waals surface area (Å²) in [6, 6.07) is 6.43. The highest BCUT2D eigenvalue weighted by atomic mass is 32.2. The Morgan fingerprint density at radius 2 is 1.96 bits per heavy atom. The molecule has 0 radical (unpaired) electrons. The summed E-state index contributed by atoms with van der Waals surface area (Å²) in [5, 5.41) is 5.35. The van der Waals surface area contributed by atoms with Gasteiger partial charge in [-0.2, -0.15) is 0 Å². The first-order chi connectivity index (χ1) is 12.2. The van der Waals surface area contributed by atoms with E-state index in [-0.39, 0.29) is 48.2 Å². The van der Waals surface area contributed by atoms with Crippen LogP contribution in [0.1, 0.15) is 26.7 Å². The number of nitrogens with one attached hydrogen (secondary N) is 2. The maximum atomic E-state index is 12.1. The molecular formula is C17H23N3O5S. The lowest BCUT2D eigenvalue weighted by Crippen LogP contribution is -2.38. The Bertz CT molecular complexity index is 806. The molecule has 1 unspecified atom stereocenters. The Hall–Kier alpha value is -2.42. The number of carbonyl (C=O) groups excluding carboxylic acids is 3. The van der Waals surface area contributed by atoms with Crippen molar-refractivity contribution in [1.29, 1.82) is 0 Å². The number of nitrogens with zero attached hydrogens (tertiary/aromatic N) is 1. The number of carbonyl (C=O) groups is 3. The summed E-state index contributed by atoms with van der Waals surface area (Å²) in [6.07, 6.45) is 0.476. The number of hydrogen-bond donors (Lipinski definition) is 2. The Kier molecular flexibility index (Phi) is 6.36. The molecule has 3 amide bonds. The lowest BCUT2D eigenvalue weighted by atomic mass is 10.2. The Balaban J connectivity index is 1.97. The van der Waals surface area contributed by atoms with Crippen molar-refractivity contribution in [3.8, 4) is 0 Å². The molecule has 0 spiro atoms. The first kappa shape index (κ1) is 19.9. The van der Waals surface area contributed by atoms with Gasteiger partial charge < -0.3 is 15.5 Å². The highest BCUT2D eigenvalue weighted by Gasteiger charge is 2.29. The van der Waals surface area contributed by atoms with Crippen LogP contribution in [-0.2, 0) is 24.2 Å². The smallest absolute Gasteiger partial charge is 0.223 e. The van der Waals surface area contributed by atoms with E-state index < -0.39 is 9.84 Å². The number of amides is 3. The van der Waals surface area contributed by atoms with Crippen LogP contribution in [0.15, 0.2) is 24.3 Å². The lowest BCUT2D eigenvalue weighted by molar-refractivity contribution is -0.121. The predicted molar refractivity (Wildman–Crippen MR) is 98.6 cm³/mol. The molecule has 1 aromatic carbocycles. The van der Waals surface area contributed by atoms with Crippen molar-refractivity contribution < 1.29 is 22.8 Å². The monoisotopic (exact) mass is 381 g/mol. The fraction of sp³-hybridized carbons (Fsp3) is 0.471. The van der Waals surface area contributed by atoms with E-state index in [0.717, 1.165) is 0 Å². The molecule has 1 fully saturated rings. The van der Waals surface area contributed by atoms with Crippen LogP contribution in [0.5, 0.6) is 0 Å². The Morgan fingerprint density at radius 3 is 2.54 bits per heavy atom. The van der Waals surface area contributed by atoms with Crippen LogP contribution in [0.3, 0.4) is 0 Å². The molecule has 1 aromatic rings. The highest BCUT2D eigenvalue weighted by molar-refractivity contribution is 7.91. The minimum atomic E-state index is -3.06. The SMILES string of the molecule is CC(=O)Nc1cccc(N(CCC(=O)NC2CCS(=O)(=O)C2)C(C)=O)c1. The average molecular weight is 381 g/mol. The maximum absolute atomic E-state index is 12.1. The standard InChI is InChI=1S/C17H23N3O5S/c1-12(21)18-14-4-3-5-16(10-14)20(13(2)22)8-6-17(23)19-15-7-9-26(24,25)11-15/h3-5,10,15H,6-9,11H2,1-2H3,(H,18,21)(H,19,23). The topological polar surface area (TPSA) is 113 Å². The van der Waals surface area contributed by atoms with Crippen LogP contribution in [0.2, 0.25) is 0 Å². The molecule has 1 heterocycles. The minimum absolute atomic E-state index is 0.0338. The van der Waals surface area contributed by atoms with E-state index in [4.69, 9.17) is 0 Å². The minimum Gasteiger partial charge on any atom is -0.352 e. The summed E-state index contributed by atoms with van der Waals surface area (Å²) in [7, 11) is -3.06. The normalized spacial score (nSPS) is 18.2. The summed E-state index contributed by atoms with van der Waals surface area (Å²) in [5.41, 5.74) is 1.13. The molecule has 1 aliphatic heterocycles. The Morgan fingerprint density at radius 1 is 1.23 bits per heavy atom. The first-order valence-corrected chi connectivity index (χ1v) is 10.1. The molecule has 1 saturated heterocycles. The highest BCUT2D eigenvalue weighted by Crippen LogP contribution is 2.20. The fourth-order valence-electron chi connectivity index (χ4n) is 2.85. The number of sulfone groups is 1. The second kappa shape index (κ2) is 8.31. The van der Waals surface area contributed by atoms with Gasteiger partial charge in [0.2, 0.25) is 17.7 Å². The van der Waals surface area contributed by atoms with Gasteiger partial charge in [-0.25, -0.2) is 8.42 Å². The third kappa shape index (κ3) is 5.83. The van der Waals surface area contributed by atoms with E-state index in [1.165, 1.54) is 18.7 Å². The van der Waals surface area contributed by atoms with Gasteiger partial charge >= 0.3 is 0 Å². The van der Waals surface area contributed by atoms with Crippen molar-refractivity contribution in [3.05, 3.63) is 24.3 Å². The van der Waals surface area contributed by atoms with E-state index in [1.807, 2.05) is 0 Å². The third-order valence-corrected chi connectivity index (χ3v) is 5.79. The van der Waals surface area contributed by atoms with Gasteiger partial charge in [0.05, 0.1) is 11.5 Å². The number of anilines is 2. The number of benzene rings is 1. The summed E-state index contributed by atoms with van der Waals surface area (Å²) in [5.74, 6) is -0.693. The maximum Gasteiger partial charge on any atom is 0.223 e. The van der Waals surface area contributed by atoms with Crippen LogP contribution < -0.4 is 15.5 Å².